The largest absolute Gasteiger partial charge is 0.459 e. The molecule has 2 aromatic rings. The topological polar surface area (TPSA) is 93.1 Å². The van der Waals surface area contributed by atoms with Crippen LogP contribution in [0.15, 0.2) is 36.4 Å². The number of esters is 1. The van der Waals surface area contributed by atoms with Crippen molar-refractivity contribution in [2.24, 2.45) is 0 Å². The minimum atomic E-state index is -0.458. The van der Waals surface area contributed by atoms with Gasteiger partial charge in [0.15, 0.2) is 5.78 Å². The second-order valence-corrected chi connectivity index (χ2v) is 9.19. The van der Waals surface area contributed by atoms with E-state index in [1.807, 2.05) is 18.2 Å². The molecule has 1 amide bonds. The number of hydrogen-bond donors (Lipinski definition) is 1. The number of benzene rings is 1. The van der Waals surface area contributed by atoms with Crippen molar-refractivity contribution in [1.82, 2.24) is 0 Å². The van der Waals surface area contributed by atoms with Crippen molar-refractivity contribution in [2.75, 3.05) is 24.7 Å². The predicted molar refractivity (Wildman–Crippen MR) is 127 cm³/mol. The van der Waals surface area contributed by atoms with E-state index >= 15 is 0 Å². The van der Waals surface area contributed by atoms with E-state index in [0.29, 0.717) is 42.9 Å². The fourth-order valence-electron chi connectivity index (χ4n) is 3.81. The molecule has 33 heavy (non-hydrogen) atoms. The number of ketones is 1. The van der Waals surface area contributed by atoms with E-state index in [0.717, 1.165) is 29.8 Å². The van der Waals surface area contributed by atoms with Crippen LogP contribution in [0.1, 0.15) is 70.4 Å². The van der Waals surface area contributed by atoms with Crippen molar-refractivity contribution in [2.45, 2.75) is 58.1 Å². The Bertz CT molecular complexity index is 939. The molecule has 0 unspecified atom stereocenters. The van der Waals surface area contributed by atoms with E-state index in [2.05, 4.69) is 6.92 Å². The van der Waals surface area contributed by atoms with E-state index in [1.165, 1.54) is 11.3 Å². The van der Waals surface area contributed by atoms with Crippen LogP contribution in [-0.4, -0.2) is 48.6 Å². The highest BCUT2D eigenvalue weighted by atomic mass is 32.1. The summed E-state index contributed by atoms with van der Waals surface area (Å²) in [6.07, 6.45) is 4.75. The van der Waals surface area contributed by atoms with Crippen molar-refractivity contribution in [1.29, 1.82) is 0 Å². The number of ether oxygens (including phenoxy) is 2. The molecule has 1 fully saturated rings. The molecule has 0 bridgehead atoms. The lowest BCUT2D eigenvalue weighted by Crippen LogP contribution is -2.36. The zero-order valence-electron chi connectivity index (χ0n) is 19.0. The van der Waals surface area contributed by atoms with Crippen molar-refractivity contribution in [3.63, 3.8) is 0 Å². The predicted octanol–water partition coefficient (Wildman–Crippen LogP) is 4.37. The average Bonchev–Trinajstić information content (AvgIpc) is 3.44. The second-order valence-electron chi connectivity index (χ2n) is 8.02. The molecule has 8 heteroatoms. The van der Waals surface area contributed by atoms with Crippen molar-refractivity contribution < 1.29 is 29.0 Å². The first-order valence-electron chi connectivity index (χ1n) is 11.4. The van der Waals surface area contributed by atoms with E-state index in [4.69, 9.17) is 14.6 Å². The molecular weight excluding hydrogens is 442 g/mol. The Morgan fingerprint density at radius 1 is 1.15 bits per heavy atom. The van der Waals surface area contributed by atoms with Gasteiger partial charge < -0.3 is 19.5 Å². The number of unbranched alkanes of at least 4 members (excludes halogenated alkanes) is 2. The maximum atomic E-state index is 12.5. The molecular formula is C25H31NO6S. The van der Waals surface area contributed by atoms with Gasteiger partial charge in [0.2, 0.25) is 5.91 Å². The van der Waals surface area contributed by atoms with Crippen LogP contribution in [0.4, 0.5) is 5.69 Å². The molecule has 1 saturated heterocycles. The smallest absolute Gasteiger partial charge is 0.348 e. The molecule has 0 spiro atoms. The highest BCUT2D eigenvalue weighted by Crippen LogP contribution is 2.28. The number of rotatable bonds is 13. The third-order valence-corrected chi connectivity index (χ3v) is 6.58. The van der Waals surface area contributed by atoms with Crippen LogP contribution in [-0.2, 0) is 20.9 Å². The lowest BCUT2D eigenvalue weighted by molar-refractivity contribution is -0.117. The molecule has 1 N–H and O–H groups in total. The van der Waals surface area contributed by atoms with Gasteiger partial charge in [0.05, 0.1) is 25.9 Å². The number of aliphatic hydroxyl groups excluding tert-OH is 1. The first kappa shape index (κ1) is 25.1. The molecule has 1 aliphatic rings. The number of thiophene rings is 1. The van der Waals surface area contributed by atoms with Gasteiger partial charge in [-0.15, -0.1) is 11.3 Å². The Morgan fingerprint density at radius 3 is 2.67 bits per heavy atom. The van der Waals surface area contributed by atoms with Gasteiger partial charge in [0.1, 0.15) is 11.5 Å². The van der Waals surface area contributed by atoms with Crippen LogP contribution in [0.5, 0.6) is 0 Å². The third kappa shape index (κ3) is 6.96. The minimum absolute atomic E-state index is 0.0257. The summed E-state index contributed by atoms with van der Waals surface area (Å²) in [4.78, 5) is 39.8. The van der Waals surface area contributed by atoms with Gasteiger partial charge in [-0.1, -0.05) is 19.8 Å². The molecule has 7 nitrogen and oxygen atoms in total. The van der Waals surface area contributed by atoms with Crippen LogP contribution in [0.3, 0.4) is 0 Å². The van der Waals surface area contributed by atoms with E-state index in [-0.39, 0.29) is 30.9 Å². The Labute approximate surface area is 198 Å². The zero-order chi connectivity index (χ0) is 23.6. The summed E-state index contributed by atoms with van der Waals surface area (Å²) in [5.74, 6) is -0.269. The van der Waals surface area contributed by atoms with Gasteiger partial charge in [-0.25, -0.2) is 4.79 Å². The Hall–Kier alpha value is -2.55. The molecule has 178 valence electrons. The molecule has 1 aliphatic heterocycles. The third-order valence-electron chi connectivity index (χ3n) is 5.54. The molecule has 3 rings (SSSR count). The van der Waals surface area contributed by atoms with Gasteiger partial charge in [-0.05, 0) is 49.2 Å². The lowest BCUT2D eigenvalue weighted by atomic mass is 10.0. The van der Waals surface area contributed by atoms with E-state index in [9.17, 15) is 14.4 Å². The van der Waals surface area contributed by atoms with Crippen LogP contribution < -0.4 is 4.90 Å². The summed E-state index contributed by atoms with van der Waals surface area (Å²) in [5, 5.41) is 8.75. The molecule has 1 aromatic heterocycles. The Balaban J connectivity index is 1.53. The fraction of sp³-hybridized carbons (Fsp3) is 0.480. The summed E-state index contributed by atoms with van der Waals surface area (Å²) in [6.45, 7) is 2.60. The fourth-order valence-corrected chi connectivity index (χ4v) is 4.65. The summed E-state index contributed by atoms with van der Waals surface area (Å²) in [5.41, 5.74) is 1.46. The molecule has 1 aromatic carbocycles. The normalized spacial score (nSPS) is 15.8. The number of carbonyl (C=O) groups excluding carboxylic acids is 3. The maximum Gasteiger partial charge on any atom is 0.348 e. The standard InChI is InChI=1S/C25H31NO6S/c1-2-3-4-5-22(28)18-6-8-19(9-7-18)26-20(10-13-24(26)29)16-31-17-21-11-12-23(33-21)25(30)32-15-14-27/h6-9,11-12,20,27H,2-5,10,13-17H2,1H3/t20-/m1/s1. The average molecular weight is 474 g/mol. The first-order valence-corrected chi connectivity index (χ1v) is 12.2. The van der Waals surface area contributed by atoms with Gasteiger partial charge in [-0.2, -0.15) is 0 Å². The first-order chi connectivity index (χ1) is 16.0. The number of anilines is 1. The number of amides is 1. The maximum absolute atomic E-state index is 12.5. The van der Waals surface area contributed by atoms with Crippen molar-refractivity contribution in [3.05, 3.63) is 51.7 Å². The van der Waals surface area contributed by atoms with Crippen molar-refractivity contribution in [3.8, 4) is 0 Å². The molecule has 0 saturated carbocycles. The number of nitrogens with zero attached hydrogens (tertiary/aromatic N) is 1. The van der Waals surface area contributed by atoms with Gasteiger partial charge in [0.25, 0.3) is 0 Å². The van der Waals surface area contributed by atoms with E-state index < -0.39 is 5.97 Å². The zero-order valence-corrected chi connectivity index (χ0v) is 19.8. The number of Topliss-reactive ketones (excluding diaryl/α,β-unsaturated/α-hetero) is 1. The highest BCUT2D eigenvalue weighted by molar-refractivity contribution is 7.13. The SMILES string of the molecule is CCCCCC(=O)c1ccc(N2C(=O)CC[C@@H]2COCc2ccc(C(=O)OCCO)s2)cc1. The number of hydrogen-bond acceptors (Lipinski definition) is 7. The molecule has 1 atom stereocenters. The summed E-state index contributed by atoms with van der Waals surface area (Å²) in [7, 11) is 0. The number of carbonyl (C=O) groups is 3. The molecule has 2 heterocycles. The van der Waals surface area contributed by atoms with Crippen molar-refractivity contribution >= 4 is 34.7 Å². The summed E-state index contributed by atoms with van der Waals surface area (Å²) >= 11 is 1.29. The minimum Gasteiger partial charge on any atom is -0.459 e. The summed E-state index contributed by atoms with van der Waals surface area (Å²) < 4.78 is 10.8. The van der Waals surface area contributed by atoms with Gasteiger partial charge >= 0.3 is 5.97 Å². The summed E-state index contributed by atoms with van der Waals surface area (Å²) in [6, 6.07) is 10.7. The van der Waals surface area contributed by atoms with Crippen LogP contribution in [0, 0.1) is 0 Å². The molecule has 0 radical (unpaired) electrons. The molecule has 0 aliphatic carbocycles. The van der Waals surface area contributed by atoms with E-state index in [1.54, 1.807) is 23.1 Å². The quantitative estimate of drug-likeness (QED) is 0.264. The van der Waals surface area contributed by atoms with Crippen LogP contribution in [0.2, 0.25) is 0 Å². The van der Waals surface area contributed by atoms with Crippen LogP contribution >= 0.6 is 11.3 Å². The lowest BCUT2D eigenvalue weighted by Gasteiger charge is -2.25. The monoisotopic (exact) mass is 473 g/mol. The number of aliphatic hydroxyl groups is 1. The second kappa shape index (κ2) is 12.6. The van der Waals surface area contributed by atoms with Crippen LogP contribution in [0.25, 0.3) is 0 Å². The van der Waals surface area contributed by atoms with Gasteiger partial charge in [-0.3, -0.25) is 9.59 Å². The van der Waals surface area contributed by atoms with Gasteiger partial charge in [0, 0.05) is 29.0 Å². The Morgan fingerprint density at radius 2 is 1.94 bits per heavy atom. The highest BCUT2D eigenvalue weighted by Gasteiger charge is 2.32. The Kier molecular flexibility index (Phi) is 9.60.